The first-order valence-corrected chi connectivity index (χ1v) is 11.5. The number of aromatic amines is 1. The highest BCUT2D eigenvalue weighted by molar-refractivity contribution is 7.91. The van der Waals surface area contributed by atoms with Crippen LogP contribution in [0.1, 0.15) is 38.3 Å². The summed E-state index contributed by atoms with van der Waals surface area (Å²) in [4.78, 5) is 6.42. The number of hydrogen-bond donors (Lipinski definition) is 1. The van der Waals surface area contributed by atoms with Crippen molar-refractivity contribution < 1.29 is 13.2 Å². The number of sulfone groups is 1. The fourth-order valence-corrected chi connectivity index (χ4v) is 5.45. The summed E-state index contributed by atoms with van der Waals surface area (Å²) >= 11 is 0. The van der Waals surface area contributed by atoms with Crippen molar-refractivity contribution in [3.05, 3.63) is 36.0 Å². The molecule has 2 aromatic rings. The highest BCUT2D eigenvalue weighted by Gasteiger charge is 2.34. The molecule has 4 rings (SSSR count). The zero-order chi connectivity index (χ0) is 19.0. The van der Waals surface area contributed by atoms with Crippen LogP contribution in [0.2, 0.25) is 0 Å². The maximum atomic E-state index is 12.3. The van der Waals surface area contributed by atoms with E-state index in [0.29, 0.717) is 10.6 Å². The first kappa shape index (κ1) is 18.6. The number of rotatable bonds is 6. The van der Waals surface area contributed by atoms with E-state index in [2.05, 4.69) is 16.0 Å². The number of aromatic nitrogens is 1. The zero-order valence-electron chi connectivity index (χ0n) is 16.1. The minimum absolute atomic E-state index is 0.0894. The van der Waals surface area contributed by atoms with Crippen molar-refractivity contribution in [3.63, 3.8) is 0 Å². The zero-order valence-corrected chi connectivity index (χ0v) is 16.9. The Balaban J connectivity index is 1.59. The molecule has 0 spiro atoms. The normalized spacial score (nSPS) is 22.9. The number of methoxy groups -OCH3 is 1. The van der Waals surface area contributed by atoms with Gasteiger partial charge < -0.3 is 9.72 Å². The second kappa shape index (κ2) is 7.32. The van der Waals surface area contributed by atoms with Crippen LogP contribution in [0.5, 0.6) is 5.75 Å². The van der Waals surface area contributed by atoms with Gasteiger partial charge in [-0.05, 0) is 68.5 Å². The van der Waals surface area contributed by atoms with Gasteiger partial charge in [0.05, 0.1) is 17.8 Å². The van der Waals surface area contributed by atoms with Gasteiger partial charge in [0.1, 0.15) is 5.75 Å². The van der Waals surface area contributed by atoms with Gasteiger partial charge >= 0.3 is 0 Å². The van der Waals surface area contributed by atoms with Crippen LogP contribution in [0.25, 0.3) is 11.3 Å². The Labute approximate surface area is 161 Å². The smallest absolute Gasteiger partial charge is 0.178 e. The first-order valence-electron chi connectivity index (χ1n) is 9.83. The molecular weight excluding hydrogens is 360 g/mol. The van der Waals surface area contributed by atoms with E-state index in [1.165, 1.54) is 37.9 Å². The summed E-state index contributed by atoms with van der Waals surface area (Å²) in [7, 11) is -1.64. The molecule has 1 N–H and O–H groups in total. The molecule has 1 saturated heterocycles. The minimum atomic E-state index is -3.25. The average Bonchev–Trinajstić information content (AvgIpc) is 3.30. The molecule has 5 nitrogen and oxygen atoms in total. The topological polar surface area (TPSA) is 62.4 Å². The largest absolute Gasteiger partial charge is 0.496 e. The predicted molar refractivity (Wildman–Crippen MR) is 107 cm³/mol. The van der Waals surface area contributed by atoms with E-state index in [4.69, 9.17) is 4.74 Å². The second-order valence-electron chi connectivity index (χ2n) is 7.75. The average molecular weight is 389 g/mol. The Morgan fingerprint density at radius 2 is 2.04 bits per heavy atom. The van der Waals surface area contributed by atoms with Gasteiger partial charge in [-0.15, -0.1) is 0 Å². The summed E-state index contributed by atoms with van der Waals surface area (Å²) in [5.74, 6) is 1.71. The molecule has 2 unspecified atom stereocenters. The van der Waals surface area contributed by atoms with Gasteiger partial charge in [0.2, 0.25) is 0 Å². The number of fused-ring (bicyclic) bond motifs is 2. The lowest BCUT2D eigenvalue weighted by atomic mass is 9.99. The summed E-state index contributed by atoms with van der Waals surface area (Å²) in [6.07, 6.45) is 5.36. The molecule has 2 aliphatic rings. The maximum Gasteiger partial charge on any atom is 0.178 e. The van der Waals surface area contributed by atoms with Crippen LogP contribution in [-0.4, -0.2) is 43.8 Å². The third-order valence-corrected chi connectivity index (χ3v) is 7.91. The van der Waals surface area contributed by atoms with Crippen LogP contribution >= 0.6 is 0 Å². The number of hydrogen-bond acceptors (Lipinski definition) is 4. The van der Waals surface area contributed by atoms with E-state index in [0.717, 1.165) is 29.8 Å². The lowest BCUT2D eigenvalue weighted by molar-refractivity contribution is 0.146. The van der Waals surface area contributed by atoms with E-state index in [9.17, 15) is 8.42 Å². The van der Waals surface area contributed by atoms with Crippen molar-refractivity contribution in [2.75, 3.05) is 19.4 Å². The molecular formula is C21H28N2O3S. The monoisotopic (exact) mass is 388 g/mol. The predicted octanol–water partition coefficient (Wildman–Crippen LogP) is 3.86. The number of ether oxygens (including phenoxy) is 1. The molecule has 27 heavy (non-hydrogen) atoms. The lowest BCUT2D eigenvalue weighted by Gasteiger charge is -2.32. The van der Waals surface area contributed by atoms with Crippen molar-refractivity contribution in [3.8, 4) is 17.0 Å². The third-order valence-electron chi connectivity index (χ3n) is 6.17. The van der Waals surface area contributed by atoms with E-state index in [1.807, 2.05) is 6.07 Å². The molecule has 1 aliphatic heterocycles. The molecule has 6 heteroatoms. The van der Waals surface area contributed by atoms with Gasteiger partial charge in [0.25, 0.3) is 0 Å². The van der Waals surface area contributed by atoms with E-state index in [-0.39, 0.29) is 5.75 Å². The van der Waals surface area contributed by atoms with Crippen LogP contribution in [0.15, 0.2) is 35.2 Å². The standard InChI is InChI=1S/C21H28N2O3S/c1-3-27(24,25)18-7-9-21(26-2)19(13-18)20-8-5-16(22-20)14-23-11-10-15-4-6-17(23)12-15/h5,7-9,13,15,17,22H,3-4,6,10-12,14H2,1-2H3. The second-order valence-corrected chi connectivity index (χ2v) is 10.0. The van der Waals surface area contributed by atoms with Crippen molar-refractivity contribution in [1.29, 1.82) is 0 Å². The molecule has 0 radical (unpaired) electrons. The van der Waals surface area contributed by atoms with Crippen molar-refractivity contribution in [1.82, 2.24) is 9.88 Å². The molecule has 1 aromatic heterocycles. The molecule has 1 aliphatic carbocycles. The highest BCUT2D eigenvalue weighted by Crippen LogP contribution is 2.37. The Morgan fingerprint density at radius 1 is 1.19 bits per heavy atom. The van der Waals surface area contributed by atoms with Crippen LogP contribution < -0.4 is 4.74 Å². The molecule has 2 fully saturated rings. The lowest BCUT2D eigenvalue weighted by Crippen LogP contribution is -2.37. The molecule has 2 atom stereocenters. The quantitative estimate of drug-likeness (QED) is 0.816. The number of nitrogens with zero attached hydrogens (tertiary/aromatic N) is 1. The fraction of sp³-hybridized carbons (Fsp3) is 0.524. The van der Waals surface area contributed by atoms with Gasteiger partial charge in [-0.25, -0.2) is 8.42 Å². The Morgan fingerprint density at radius 3 is 2.81 bits per heavy atom. The highest BCUT2D eigenvalue weighted by atomic mass is 32.2. The fourth-order valence-electron chi connectivity index (χ4n) is 4.55. The molecule has 2 bridgehead atoms. The van der Waals surface area contributed by atoms with Crippen molar-refractivity contribution in [2.24, 2.45) is 5.92 Å². The van der Waals surface area contributed by atoms with Crippen LogP contribution in [-0.2, 0) is 16.4 Å². The molecule has 1 aromatic carbocycles. The van der Waals surface area contributed by atoms with Crippen LogP contribution in [0.3, 0.4) is 0 Å². The summed E-state index contributed by atoms with van der Waals surface area (Å²) in [6, 6.07) is 9.93. The van der Waals surface area contributed by atoms with Gasteiger partial charge in [-0.1, -0.05) is 6.92 Å². The Bertz CT molecular complexity index is 919. The van der Waals surface area contributed by atoms with Crippen molar-refractivity contribution >= 4 is 9.84 Å². The third kappa shape index (κ3) is 3.65. The Kier molecular flexibility index (Phi) is 5.03. The van der Waals surface area contributed by atoms with Gasteiger partial charge in [0.15, 0.2) is 9.84 Å². The van der Waals surface area contributed by atoms with E-state index in [1.54, 1.807) is 32.2 Å². The summed E-state index contributed by atoms with van der Waals surface area (Å²) < 4.78 is 30.0. The molecule has 0 amide bonds. The maximum absolute atomic E-state index is 12.3. The first-order chi connectivity index (χ1) is 13.0. The number of piperidine rings is 1. The molecule has 1 saturated carbocycles. The van der Waals surface area contributed by atoms with Crippen molar-refractivity contribution in [2.45, 2.75) is 50.1 Å². The summed E-state index contributed by atoms with van der Waals surface area (Å²) in [5.41, 5.74) is 2.86. The number of likely N-dealkylation sites (tertiary alicyclic amines) is 1. The Hall–Kier alpha value is -1.79. The van der Waals surface area contributed by atoms with Gasteiger partial charge in [-0.2, -0.15) is 0 Å². The number of nitrogens with one attached hydrogen (secondary N) is 1. The van der Waals surface area contributed by atoms with Gasteiger partial charge in [0, 0.05) is 29.5 Å². The van der Waals surface area contributed by atoms with E-state index >= 15 is 0 Å². The summed E-state index contributed by atoms with van der Waals surface area (Å²) in [6.45, 7) is 3.77. The van der Waals surface area contributed by atoms with Crippen LogP contribution in [0, 0.1) is 5.92 Å². The minimum Gasteiger partial charge on any atom is -0.496 e. The van der Waals surface area contributed by atoms with Gasteiger partial charge in [-0.3, -0.25) is 4.90 Å². The molecule has 146 valence electrons. The SMILES string of the molecule is CCS(=O)(=O)c1ccc(OC)c(-c2ccc(CN3CCC4CCC3C4)[nH]2)c1. The molecule has 2 heterocycles. The number of benzene rings is 1. The number of H-pyrrole nitrogens is 1. The van der Waals surface area contributed by atoms with E-state index < -0.39 is 9.84 Å². The van der Waals surface area contributed by atoms with Crippen LogP contribution in [0.4, 0.5) is 0 Å². The summed E-state index contributed by atoms with van der Waals surface area (Å²) in [5, 5.41) is 0.